The molecule has 1 fully saturated rings. The molecule has 11 N–H and O–H groups in total. The van der Waals surface area contributed by atoms with E-state index in [0.717, 1.165) is 42.3 Å². The number of amides is 7. The Morgan fingerprint density at radius 1 is 0.857 bits per heavy atom. The number of Topliss-reactive ketones (excluding diaryl/α,β-unsaturated/α-hetero) is 2. The Labute approximate surface area is 452 Å². The number of esters is 1. The lowest BCUT2D eigenvalue weighted by Gasteiger charge is -2.32. The van der Waals surface area contributed by atoms with Crippen molar-refractivity contribution in [2.75, 3.05) is 38.6 Å². The molecule has 23 nitrogen and oxygen atoms in total. The van der Waals surface area contributed by atoms with Gasteiger partial charge in [-0.15, -0.1) is 11.8 Å². The zero-order valence-electron chi connectivity index (χ0n) is 44.9. The van der Waals surface area contributed by atoms with E-state index in [0.29, 0.717) is 53.1 Å². The SMILES string of the molecule is CC[C@H](C)[C@@H]1NC(=O)CNC(=O)[C@@H]2CC(=O)[C@H]([C@@H](C)[C@@H](O)CO)NC(=O)[C@@H]3C[C@@H](O)CN3C(=O)[C@H](CC(N)=O)CC(=O)[C@H](CSc3[nH]c4cc(OCCCCCCCC(=O)OC(C)(C)C)ccc4c3C2)NC(=O)CNC1=O. The number of carbonyl (C=O) groups excluding carboxylic acids is 10. The Morgan fingerprint density at radius 3 is 2.21 bits per heavy atom. The van der Waals surface area contributed by atoms with Gasteiger partial charge >= 0.3 is 5.97 Å². The molecule has 3 aliphatic rings. The minimum atomic E-state index is -1.60. The average molecular weight is 1100 g/mol. The number of aromatic nitrogens is 1. The van der Waals surface area contributed by atoms with Crippen LogP contribution in [0.5, 0.6) is 5.75 Å². The number of hydrogen-bond acceptors (Lipinski definition) is 16. The van der Waals surface area contributed by atoms with Crippen molar-refractivity contribution in [3.05, 3.63) is 23.8 Å². The van der Waals surface area contributed by atoms with Crippen molar-refractivity contribution >= 4 is 81.6 Å². The number of carbonyl (C=O) groups is 10. The van der Waals surface area contributed by atoms with E-state index in [2.05, 4.69) is 31.6 Å². The van der Waals surface area contributed by atoms with Gasteiger partial charge in [-0.3, -0.25) is 47.9 Å². The summed E-state index contributed by atoms with van der Waals surface area (Å²) in [6.07, 6.45) is -0.594. The van der Waals surface area contributed by atoms with Crippen LogP contribution in [-0.4, -0.2) is 165 Å². The maximum absolute atomic E-state index is 14.8. The van der Waals surface area contributed by atoms with Crippen LogP contribution in [0.15, 0.2) is 23.2 Å². The van der Waals surface area contributed by atoms with E-state index in [1.807, 2.05) is 20.8 Å². The minimum absolute atomic E-state index is 0.200. The van der Waals surface area contributed by atoms with Gasteiger partial charge in [0.2, 0.25) is 41.4 Å². The molecule has 5 rings (SSSR count). The predicted molar refractivity (Wildman–Crippen MR) is 281 cm³/mol. The van der Waals surface area contributed by atoms with Crippen molar-refractivity contribution in [2.24, 2.45) is 29.4 Å². The van der Waals surface area contributed by atoms with Gasteiger partial charge in [0.15, 0.2) is 11.6 Å². The molecular weight excluding hydrogens is 1020 g/mol. The number of hydrogen-bond donors (Lipinski definition) is 10. The van der Waals surface area contributed by atoms with Crippen LogP contribution in [0.2, 0.25) is 0 Å². The number of nitrogens with two attached hydrogens (primary N) is 1. The highest BCUT2D eigenvalue weighted by molar-refractivity contribution is 7.99. The molecule has 0 aliphatic carbocycles. The fraction of sp³-hybridized carbons (Fsp3) is 0.660. The van der Waals surface area contributed by atoms with E-state index in [-0.39, 0.29) is 24.6 Å². The van der Waals surface area contributed by atoms with E-state index in [4.69, 9.17) is 15.2 Å². The first-order valence-corrected chi connectivity index (χ1v) is 27.6. The molecule has 0 unspecified atom stereocenters. The Balaban J connectivity index is 1.59. The summed E-state index contributed by atoms with van der Waals surface area (Å²) in [7, 11) is 0. The summed E-state index contributed by atoms with van der Waals surface area (Å²) in [4.78, 5) is 143. The molecule has 3 aliphatic heterocycles. The smallest absolute Gasteiger partial charge is 0.306 e. The van der Waals surface area contributed by atoms with Crippen LogP contribution in [0.3, 0.4) is 0 Å². The quantitative estimate of drug-likeness (QED) is 0.0813. The van der Waals surface area contributed by atoms with Crippen molar-refractivity contribution in [3.8, 4) is 5.75 Å². The number of unbranched alkanes of at least 4 members (excludes halogenated alkanes) is 4. The number of rotatable bonds is 16. The first kappa shape index (κ1) is 61.7. The molecule has 426 valence electrons. The van der Waals surface area contributed by atoms with Crippen molar-refractivity contribution in [1.29, 1.82) is 0 Å². The molecule has 0 spiro atoms. The van der Waals surface area contributed by atoms with Crippen molar-refractivity contribution < 1.29 is 72.7 Å². The number of thioether (sulfide) groups is 1. The molecule has 4 heterocycles. The van der Waals surface area contributed by atoms with Crippen molar-refractivity contribution in [3.63, 3.8) is 0 Å². The number of aliphatic hydroxyl groups is 3. The highest BCUT2D eigenvalue weighted by Gasteiger charge is 2.45. The Bertz CT molecular complexity index is 2480. The second-order valence-electron chi connectivity index (χ2n) is 21.5. The van der Waals surface area contributed by atoms with Gasteiger partial charge in [-0.25, -0.2) is 0 Å². The third-order valence-electron chi connectivity index (χ3n) is 14.2. The number of fused-ring (bicyclic) bond motifs is 5. The summed E-state index contributed by atoms with van der Waals surface area (Å²) in [6, 6.07) is -0.410. The molecule has 2 bridgehead atoms. The predicted octanol–water partition coefficient (Wildman–Crippen LogP) is 0.601. The molecular formula is C53H78N8O15S. The number of primary amides is 1. The zero-order valence-corrected chi connectivity index (χ0v) is 45.7. The monoisotopic (exact) mass is 1100 g/mol. The fourth-order valence-electron chi connectivity index (χ4n) is 9.68. The van der Waals surface area contributed by atoms with Crippen LogP contribution < -0.4 is 37.1 Å². The number of benzene rings is 1. The topological polar surface area (TPSA) is 355 Å². The molecule has 7 amide bonds. The largest absolute Gasteiger partial charge is 0.494 e. The Morgan fingerprint density at radius 2 is 1.53 bits per heavy atom. The van der Waals surface area contributed by atoms with Gasteiger partial charge in [-0.2, -0.15) is 0 Å². The lowest BCUT2D eigenvalue weighted by molar-refractivity contribution is -0.155. The number of aliphatic hydroxyl groups excluding tert-OH is 3. The maximum Gasteiger partial charge on any atom is 0.306 e. The van der Waals surface area contributed by atoms with Gasteiger partial charge in [0.25, 0.3) is 0 Å². The van der Waals surface area contributed by atoms with Crippen LogP contribution in [0.25, 0.3) is 10.9 Å². The number of aromatic amines is 1. The summed E-state index contributed by atoms with van der Waals surface area (Å²) in [5.74, 6) is -11.8. The lowest BCUT2D eigenvalue weighted by Crippen LogP contribution is -2.56. The van der Waals surface area contributed by atoms with E-state index in [1.165, 1.54) is 6.92 Å². The number of ether oxygens (including phenoxy) is 2. The number of ketones is 2. The van der Waals surface area contributed by atoms with Crippen molar-refractivity contribution in [2.45, 2.75) is 166 Å². The van der Waals surface area contributed by atoms with Gasteiger partial charge in [0.05, 0.1) is 67.1 Å². The van der Waals surface area contributed by atoms with Crippen LogP contribution in [0, 0.1) is 23.7 Å². The van der Waals surface area contributed by atoms with E-state index in [9.17, 15) is 63.3 Å². The number of nitrogens with zero attached hydrogens (tertiary/aromatic N) is 1. The number of H-pyrrole nitrogens is 1. The van der Waals surface area contributed by atoms with Gasteiger partial charge < -0.3 is 67.0 Å². The second-order valence-corrected chi connectivity index (χ2v) is 22.5. The Hall–Kier alpha value is -6.11. The second kappa shape index (κ2) is 28.5. The molecule has 77 heavy (non-hydrogen) atoms. The molecule has 10 atom stereocenters. The van der Waals surface area contributed by atoms with E-state index < -0.39 is 164 Å². The summed E-state index contributed by atoms with van der Waals surface area (Å²) < 4.78 is 11.5. The van der Waals surface area contributed by atoms with Crippen LogP contribution >= 0.6 is 11.8 Å². The molecule has 0 radical (unpaired) electrons. The summed E-state index contributed by atoms with van der Waals surface area (Å²) >= 11 is 1.06. The molecule has 24 heteroatoms. The lowest BCUT2D eigenvalue weighted by atomic mass is 9.85. The molecule has 1 saturated heterocycles. The standard InChI is InChI=1S/C53H78N8O15S/c1-7-28(2)46-50(73)56-23-43(68)57-37-27-77-51-35(34-15-14-33(22-36(34)58-51)75-16-12-10-8-9-11-13-45(70)76-53(4,5)6)17-30(48(71)55-24-44(69)59-46)18-40(65)47(29(3)41(66)26-62)60-49(72)38-21-32(63)25-61(38)52(74)31(19-39(37)64)20-42(54)67/h14-15,22,28-32,37-38,41,46-47,58,62-63,66H,7-13,16-21,23-27H2,1-6H3,(H2,54,67)(H,55,71)(H,56,73)(H,57,68)(H,59,69)(H,60,72)/t28-,29-,30-,31-,32+,37-,38-,41-,46-,47-/m0/s1. The third-order valence-corrected chi connectivity index (χ3v) is 15.3. The van der Waals surface area contributed by atoms with Gasteiger partial charge in [-0.1, -0.05) is 46.5 Å². The number of nitrogens with one attached hydrogen (secondary N) is 6. The Kier molecular flexibility index (Phi) is 22.8. The van der Waals surface area contributed by atoms with Gasteiger partial charge in [0, 0.05) is 67.7 Å². The highest BCUT2D eigenvalue weighted by atomic mass is 32.2. The van der Waals surface area contributed by atoms with Gasteiger partial charge in [0.1, 0.15) is 23.4 Å². The van der Waals surface area contributed by atoms with Crippen LogP contribution in [0.1, 0.15) is 118 Å². The van der Waals surface area contributed by atoms with Crippen LogP contribution in [0.4, 0.5) is 0 Å². The molecule has 2 aromatic rings. The highest BCUT2D eigenvalue weighted by Crippen LogP contribution is 2.36. The summed E-state index contributed by atoms with van der Waals surface area (Å²) in [5, 5.41) is 45.8. The zero-order chi connectivity index (χ0) is 56.7. The first-order valence-electron chi connectivity index (χ1n) is 26.6. The first-order chi connectivity index (χ1) is 36.4. The van der Waals surface area contributed by atoms with E-state index >= 15 is 0 Å². The summed E-state index contributed by atoms with van der Waals surface area (Å²) in [6.45, 7) is 8.21. The van der Waals surface area contributed by atoms with Crippen LogP contribution in [-0.2, 0) is 59.1 Å². The third kappa shape index (κ3) is 18.0. The normalized spacial score (nSPS) is 25.1. The van der Waals surface area contributed by atoms with Gasteiger partial charge in [-0.05, 0) is 63.6 Å². The summed E-state index contributed by atoms with van der Waals surface area (Å²) in [5.41, 5.74) is 6.08. The minimum Gasteiger partial charge on any atom is -0.494 e. The molecule has 1 aromatic carbocycles. The van der Waals surface area contributed by atoms with Crippen molar-refractivity contribution in [1.82, 2.24) is 36.5 Å². The molecule has 1 aromatic heterocycles. The fourth-order valence-corrected chi connectivity index (χ4v) is 10.8. The average Bonchev–Trinajstić information content (AvgIpc) is 3.94. The molecule has 0 saturated carbocycles. The maximum atomic E-state index is 14.8. The van der Waals surface area contributed by atoms with E-state index in [1.54, 1.807) is 32.0 Å².